The van der Waals surface area contributed by atoms with E-state index in [1.807, 2.05) is 39.0 Å². The number of halogens is 2. The molecular weight excluding hydrogens is 354 g/mol. The second-order valence-electron chi connectivity index (χ2n) is 6.02. The Kier molecular flexibility index (Phi) is 5.52. The molecule has 1 heterocycles. The third kappa shape index (κ3) is 4.58. The molecule has 0 saturated carbocycles. The quantitative estimate of drug-likeness (QED) is 0.421. The van der Waals surface area contributed by atoms with E-state index in [9.17, 15) is 8.78 Å². The highest BCUT2D eigenvalue weighted by Crippen LogP contribution is 2.26. The first-order valence-electron chi connectivity index (χ1n) is 8.08. The number of benzene rings is 2. The molecule has 0 N–H and O–H groups in total. The fourth-order valence-electron chi connectivity index (χ4n) is 2.31. The smallest absolute Gasteiger partial charge is 0.223 e. The largest absolute Gasteiger partial charge is 0.439 e. The molecule has 0 aliphatic rings. The molecule has 0 spiro atoms. The van der Waals surface area contributed by atoms with E-state index in [2.05, 4.69) is 9.97 Å². The highest BCUT2D eigenvalue weighted by molar-refractivity contribution is 7.98. The number of nitrogens with zero attached hydrogens (tertiary/aromatic N) is 2. The highest BCUT2D eigenvalue weighted by atomic mass is 32.2. The zero-order valence-electron chi connectivity index (χ0n) is 14.7. The van der Waals surface area contributed by atoms with Gasteiger partial charge in [0.1, 0.15) is 5.75 Å². The van der Waals surface area contributed by atoms with E-state index in [1.54, 1.807) is 12.1 Å². The van der Waals surface area contributed by atoms with Crippen molar-refractivity contribution in [2.24, 2.45) is 0 Å². The molecule has 0 fully saturated rings. The summed E-state index contributed by atoms with van der Waals surface area (Å²) in [6.07, 6.45) is 0. The van der Waals surface area contributed by atoms with Crippen molar-refractivity contribution in [1.82, 2.24) is 9.97 Å². The van der Waals surface area contributed by atoms with Gasteiger partial charge in [-0.2, -0.15) is 4.98 Å². The summed E-state index contributed by atoms with van der Waals surface area (Å²) in [5, 5.41) is 0.522. The average Bonchev–Trinajstić information content (AvgIpc) is 2.59. The summed E-state index contributed by atoms with van der Waals surface area (Å²) in [7, 11) is 0. The maximum absolute atomic E-state index is 13.3. The molecule has 0 atom stereocenters. The van der Waals surface area contributed by atoms with Gasteiger partial charge >= 0.3 is 0 Å². The highest BCUT2D eigenvalue weighted by Gasteiger charge is 2.08. The molecular formula is C20H18F2N2OS. The van der Waals surface area contributed by atoms with Crippen LogP contribution in [0.3, 0.4) is 0 Å². The Bertz CT molecular complexity index is 947. The summed E-state index contributed by atoms with van der Waals surface area (Å²) in [5.41, 5.74) is 3.77. The van der Waals surface area contributed by atoms with Crippen LogP contribution in [-0.2, 0) is 5.75 Å². The van der Waals surface area contributed by atoms with Crippen LogP contribution >= 0.6 is 11.8 Å². The summed E-state index contributed by atoms with van der Waals surface area (Å²) in [6, 6.07) is 11.5. The Morgan fingerprint density at radius 2 is 1.69 bits per heavy atom. The van der Waals surface area contributed by atoms with E-state index in [4.69, 9.17) is 4.74 Å². The molecule has 0 unspecified atom stereocenters. The number of thioether (sulfide) groups is 1. The van der Waals surface area contributed by atoms with Crippen molar-refractivity contribution in [2.45, 2.75) is 31.7 Å². The van der Waals surface area contributed by atoms with Gasteiger partial charge in [-0.25, -0.2) is 13.8 Å². The Balaban J connectivity index is 1.74. The van der Waals surface area contributed by atoms with Gasteiger partial charge in [0.25, 0.3) is 0 Å². The van der Waals surface area contributed by atoms with Crippen molar-refractivity contribution in [3.05, 3.63) is 76.5 Å². The Morgan fingerprint density at radius 1 is 0.885 bits per heavy atom. The number of hydrogen-bond acceptors (Lipinski definition) is 4. The van der Waals surface area contributed by atoms with Gasteiger partial charge in [-0.05, 0) is 61.7 Å². The van der Waals surface area contributed by atoms with Crippen LogP contribution < -0.4 is 4.74 Å². The van der Waals surface area contributed by atoms with Crippen LogP contribution in [0, 0.1) is 32.4 Å². The van der Waals surface area contributed by atoms with Gasteiger partial charge in [0.2, 0.25) is 5.88 Å². The van der Waals surface area contributed by atoms with Gasteiger partial charge in [-0.3, -0.25) is 0 Å². The molecule has 0 saturated heterocycles. The lowest BCUT2D eigenvalue weighted by Gasteiger charge is -2.09. The van der Waals surface area contributed by atoms with E-state index >= 15 is 0 Å². The second-order valence-corrected chi connectivity index (χ2v) is 6.96. The first-order valence-corrected chi connectivity index (χ1v) is 9.07. The van der Waals surface area contributed by atoms with Crippen molar-refractivity contribution in [1.29, 1.82) is 0 Å². The maximum atomic E-state index is 13.3. The van der Waals surface area contributed by atoms with Crippen LogP contribution in [0.4, 0.5) is 8.78 Å². The average molecular weight is 372 g/mol. The molecule has 3 aromatic rings. The summed E-state index contributed by atoms with van der Waals surface area (Å²) in [4.78, 5) is 8.76. The maximum Gasteiger partial charge on any atom is 0.223 e. The van der Waals surface area contributed by atoms with E-state index < -0.39 is 11.6 Å². The Morgan fingerprint density at radius 3 is 2.42 bits per heavy atom. The number of aryl methyl sites for hydroxylation is 3. The summed E-state index contributed by atoms with van der Waals surface area (Å²) < 4.78 is 32.2. The topological polar surface area (TPSA) is 35.0 Å². The Labute approximate surface area is 155 Å². The SMILES string of the molecule is Cc1cc(Oc2ccc(C)c(C)c2)nc(SCc2ccc(F)c(F)c2)n1. The van der Waals surface area contributed by atoms with Gasteiger partial charge in [0, 0.05) is 17.5 Å². The van der Waals surface area contributed by atoms with Crippen LogP contribution in [0.1, 0.15) is 22.4 Å². The minimum Gasteiger partial charge on any atom is -0.439 e. The van der Waals surface area contributed by atoms with Gasteiger partial charge in [0.05, 0.1) is 0 Å². The van der Waals surface area contributed by atoms with Crippen molar-refractivity contribution in [3.63, 3.8) is 0 Å². The predicted molar refractivity (Wildman–Crippen MR) is 98.7 cm³/mol. The lowest BCUT2D eigenvalue weighted by Crippen LogP contribution is -1.96. The fraction of sp³-hybridized carbons (Fsp3) is 0.200. The minimum atomic E-state index is -0.855. The summed E-state index contributed by atoms with van der Waals surface area (Å²) in [6.45, 7) is 5.92. The first kappa shape index (κ1) is 18.3. The fourth-order valence-corrected chi connectivity index (χ4v) is 3.14. The summed E-state index contributed by atoms with van der Waals surface area (Å²) in [5.74, 6) is -0.109. The van der Waals surface area contributed by atoms with Gasteiger partial charge in [-0.15, -0.1) is 0 Å². The lowest BCUT2D eigenvalue weighted by molar-refractivity contribution is 0.454. The summed E-state index contributed by atoms with van der Waals surface area (Å²) >= 11 is 1.34. The van der Waals surface area contributed by atoms with Gasteiger partial charge < -0.3 is 4.74 Å². The number of aromatic nitrogens is 2. The molecule has 3 rings (SSSR count). The van der Waals surface area contributed by atoms with E-state index in [-0.39, 0.29) is 0 Å². The predicted octanol–water partition coefficient (Wildman–Crippen LogP) is 5.76. The van der Waals surface area contributed by atoms with Gasteiger partial charge in [-0.1, -0.05) is 23.9 Å². The molecule has 0 radical (unpaired) electrons. The molecule has 26 heavy (non-hydrogen) atoms. The molecule has 1 aromatic heterocycles. The normalized spacial score (nSPS) is 10.8. The number of hydrogen-bond donors (Lipinski definition) is 0. The molecule has 0 bridgehead atoms. The lowest BCUT2D eigenvalue weighted by atomic mass is 10.1. The van der Waals surface area contributed by atoms with E-state index in [0.29, 0.717) is 28.1 Å². The van der Waals surface area contributed by atoms with Gasteiger partial charge in [0.15, 0.2) is 16.8 Å². The zero-order valence-corrected chi connectivity index (χ0v) is 15.5. The first-order chi connectivity index (χ1) is 12.4. The van der Waals surface area contributed by atoms with Crippen molar-refractivity contribution in [3.8, 4) is 11.6 Å². The number of ether oxygens (including phenoxy) is 1. The zero-order chi connectivity index (χ0) is 18.7. The van der Waals surface area contributed by atoms with Crippen LogP contribution in [0.2, 0.25) is 0 Å². The molecule has 134 valence electrons. The molecule has 0 aliphatic heterocycles. The Hall–Kier alpha value is -2.47. The van der Waals surface area contributed by atoms with Crippen LogP contribution in [-0.4, -0.2) is 9.97 Å². The molecule has 2 aromatic carbocycles. The van der Waals surface area contributed by atoms with Crippen LogP contribution in [0.15, 0.2) is 47.6 Å². The number of rotatable bonds is 5. The molecule has 0 amide bonds. The third-order valence-electron chi connectivity index (χ3n) is 3.86. The van der Waals surface area contributed by atoms with Crippen molar-refractivity contribution in [2.75, 3.05) is 0 Å². The van der Waals surface area contributed by atoms with Crippen LogP contribution in [0.25, 0.3) is 0 Å². The van der Waals surface area contributed by atoms with Crippen molar-refractivity contribution >= 4 is 11.8 Å². The minimum absolute atomic E-state index is 0.434. The third-order valence-corrected chi connectivity index (χ3v) is 4.78. The molecule has 3 nitrogen and oxygen atoms in total. The molecule has 0 aliphatic carbocycles. The molecule has 6 heteroatoms. The van der Waals surface area contributed by atoms with E-state index in [1.165, 1.54) is 23.4 Å². The standard InChI is InChI=1S/C20H18F2N2OS/c1-12-4-6-16(8-13(12)2)25-19-9-14(3)23-20(24-19)26-11-15-5-7-17(21)18(22)10-15/h4-10H,11H2,1-3H3. The monoisotopic (exact) mass is 372 g/mol. The van der Waals surface area contributed by atoms with Crippen LogP contribution in [0.5, 0.6) is 11.6 Å². The second kappa shape index (κ2) is 7.83. The van der Waals surface area contributed by atoms with Crippen molar-refractivity contribution < 1.29 is 13.5 Å². The van der Waals surface area contributed by atoms with E-state index in [0.717, 1.165) is 17.3 Å².